The third-order valence-electron chi connectivity index (χ3n) is 2.25. The molecule has 2 aromatic rings. The predicted molar refractivity (Wildman–Crippen MR) is 67.2 cm³/mol. The molecule has 2 aromatic heterocycles. The second kappa shape index (κ2) is 5.02. The Bertz CT molecular complexity index is 654. The third-order valence-corrected chi connectivity index (χ3v) is 2.53. The molecule has 1 amide bonds. The fourth-order valence-electron chi connectivity index (χ4n) is 1.45. The van der Waals surface area contributed by atoms with Gasteiger partial charge in [-0.05, 0) is 13.0 Å². The van der Waals surface area contributed by atoms with E-state index >= 15 is 0 Å². The zero-order valence-corrected chi connectivity index (χ0v) is 10.4. The monoisotopic (exact) mass is 281 g/mol. The highest BCUT2D eigenvalue weighted by Gasteiger charge is 2.25. The van der Waals surface area contributed by atoms with Crippen LogP contribution in [0.25, 0.3) is 0 Å². The van der Waals surface area contributed by atoms with Crippen molar-refractivity contribution in [2.45, 2.75) is 6.92 Å². The Morgan fingerprint density at radius 1 is 1.58 bits per heavy atom. The number of aromatic amines is 1. The van der Waals surface area contributed by atoms with E-state index < -0.39 is 16.5 Å². The Labute approximate surface area is 112 Å². The van der Waals surface area contributed by atoms with Gasteiger partial charge in [-0.3, -0.25) is 20.0 Å². The van der Waals surface area contributed by atoms with E-state index in [1.165, 1.54) is 12.3 Å². The summed E-state index contributed by atoms with van der Waals surface area (Å²) >= 11 is 5.62. The Hall–Kier alpha value is -2.48. The molecule has 0 aromatic carbocycles. The van der Waals surface area contributed by atoms with Crippen LogP contribution in [0.15, 0.2) is 18.3 Å². The Morgan fingerprint density at radius 3 is 2.89 bits per heavy atom. The molecule has 2 rings (SSSR count). The molecule has 0 aliphatic heterocycles. The number of nitrogens with one attached hydrogen (secondary N) is 2. The zero-order valence-electron chi connectivity index (χ0n) is 9.68. The van der Waals surface area contributed by atoms with Gasteiger partial charge in [0.1, 0.15) is 5.56 Å². The molecular formula is C10H8ClN5O3. The first-order valence-electron chi connectivity index (χ1n) is 5.11. The summed E-state index contributed by atoms with van der Waals surface area (Å²) in [5.41, 5.74) is 0.0390. The molecule has 0 saturated carbocycles. The van der Waals surface area contributed by atoms with Crippen LogP contribution in [-0.2, 0) is 0 Å². The maximum absolute atomic E-state index is 11.9. The molecule has 0 fully saturated rings. The van der Waals surface area contributed by atoms with Gasteiger partial charge in [0.2, 0.25) is 5.15 Å². The minimum atomic E-state index is -0.750. The fourth-order valence-corrected chi connectivity index (χ4v) is 1.68. The summed E-state index contributed by atoms with van der Waals surface area (Å²) < 4.78 is 0. The number of rotatable bonds is 3. The molecule has 0 unspecified atom stereocenters. The minimum absolute atomic E-state index is 0.175. The van der Waals surface area contributed by atoms with Gasteiger partial charge in [0.15, 0.2) is 5.82 Å². The van der Waals surface area contributed by atoms with Gasteiger partial charge in [0.25, 0.3) is 5.91 Å². The van der Waals surface area contributed by atoms with Gasteiger partial charge in [-0.15, -0.1) is 0 Å². The summed E-state index contributed by atoms with van der Waals surface area (Å²) in [5, 5.41) is 19.4. The van der Waals surface area contributed by atoms with E-state index in [-0.39, 0.29) is 16.5 Å². The number of nitro groups is 1. The first-order valence-corrected chi connectivity index (χ1v) is 5.49. The molecule has 98 valence electrons. The Morgan fingerprint density at radius 2 is 2.32 bits per heavy atom. The Kier molecular flexibility index (Phi) is 3.43. The number of hydrogen-bond donors (Lipinski definition) is 2. The van der Waals surface area contributed by atoms with Crippen molar-refractivity contribution in [3.63, 3.8) is 0 Å². The van der Waals surface area contributed by atoms with Crippen molar-refractivity contribution in [3.05, 3.63) is 44.9 Å². The van der Waals surface area contributed by atoms with E-state index in [1.54, 1.807) is 13.0 Å². The van der Waals surface area contributed by atoms with Crippen LogP contribution in [-0.4, -0.2) is 26.0 Å². The molecular weight excluding hydrogens is 274 g/mol. The number of halogens is 1. The molecule has 0 atom stereocenters. The number of carbonyl (C=O) groups excluding carboxylic acids is 1. The van der Waals surface area contributed by atoms with Gasteiger partial charge in [0, 0.05) is 18.0 Å². The van der Waals surface area contributed by atoms with Crippen molar-refractivity contribution < 1.29 is 9.72 Å². The van der Waals surface area contributed by atoms with Crippen LogP contribution in [0.3, 0.4) is 0 Å². The van der Waals surface area contributed by atoms with Gasteiger partial charge in [-0.25, -0.2) is 4.98 Å². The lowest BCUT2D eigenvalue weighted by molar-refractivity contribution is -0.385. The van der Waals surface area contributed by atoms with Crippen LogP contribution in [0.5, 0.6) is 0 Å². The summed E-state index contributed by atoms with van der Waals surface area (Å²) in [6.45, 7) is 1.76. The molecule has 0 spiro atoms. The number of H-pyrrole nitrogens is 1. The van der Waals surface area contributed by atoms with Crippen molar-refractivity contribution in [1.29, 1.82) is 0 Å². The number of pyridine rings is 1. The van der Waals surface area contributed by atoms with E-state index in [1.807, 2.05) is 0 Å². The number of amides is 1. The number of hydrogen-bond acceptors (Lipinski definition) is 5. The fraction of sp³-hybridized carbons (Fsp3) is 0.100. The second-order valence-corrected chi connectivity index (χ2v) is 4.00. The van der Waals surface area contributed by atoms with Crippen molar-refractivity contribution in [2.24, 2.45) is 0 Å². The first-order chi connectivity index (χ1) is 8.99. The average Bonchev–Trinajstić information content (AvgIpc) is 2.73. The van der Waals surface area contributed by atoms with Crippen molar-refractivity contribution in [3.8, 4) is 0 Å². The van der Waals surface area contributed by atoms with Gasteiger partial charge >= 0.3 is 5.69 Å². The molecule has 2 N–H and O–H groups in total. The molecule has 0 aliphatic carbocycles. The van der Waals surface area contributed by atoms with Gasteiger partial charge in [-0.1, -0.05) is 11.6 Å². The number of carbonyl (C=O) groups is 1. The highest BCUT2D eigenvalue weighted by molar-refractivity contribution is 6.32. The smallest absolute Gasteiger partial charge is 0.305 e. The summed E-state index contributed by atoms with van der Waals surface area (Å²) in [6.07, 6.45) is 1.22. The van der Waals surface area contributed by atoms with Crippen LogP contribution in [0, 0.1) is 17.0 Å². The quantitative estimate of drug-likeness (QED) is 0.507. The largest absolute Gasteiger partial charge is 0.319 e. The number of anilines is 1. The lowest BCUT2D eigenvalue weighted by atomic mass is 10.2. The van der Waals surface area contributed by atoms with Gasteiger partial charge in [0.05, 0.1) is 4.92 Å². The van der Waals surface area contributed by atoms with E-state index in [9.17, 15) is 14.9 Å². The average molecular weight is 282 g/mol. The van der Waals surface area contributed by atoms with E-state index in [2.05, 4.69) is 20.5 Å². The van der Waals surface area contributed by atoms with Crippen LogP contribution in [0.1, 0.15) is 16.1 Å². The summed E-state index contributed by atoms with van der Waals surface area (Å²) in [5.74, 6) is -0.410. The van der Waals surface area contributed by atoms with E-state index in [4.69, 9.17) is 11.6 Å². The van der Waals surface area contributed by atoms with Gasteiger partial charge < -0.3 is 5.32 Å². The standard InChI is InChI=1S/C10H8ClN5O3/c1-5-4-7(15-14-5)13-10(17)6-2-3-12-9(11)8(6)16(18)19/h2-4H,1H3,(H2,13,14,15,17). The minimum Gasteiger partial charge on any atom is -0.305 e. The van der Waals surface area contributed by atoms with Crippen LogP contribution >= 0.6 is 11.6 Å². The molecule has 0 aliphatic rings. The lowest BCUT2D eigenvalue weighted by Gasteiger charge is -2.03. The summed E-state index contributed by atoms with van der Waals surface area (Å²) in [6, 6.07) is 2.81. The summed E-state index contributed by atoms with van der Waals surface area (Å²) in [7, 11) is 0. The molecule has 0 radical (unpaired) electrons. The SMILES string of the molecule is Cc1cc(NC(=O)c2ccnc(Cl)c2[N+](=O)[O-])n[nH]1. The van der Waals surface area contributed by atoms with Crippen molar-refractivity contribution >= 4 is 29.0 Å². The first kappa shape index (κ1) is 13.0. The highest BCUT2D eigenvalue weighted by atomic mass is 35.5. The molecule has 2 heterocycles. The lowest BCUT2D eigenvalue weighted by Crippen LogP contribution is -2.14. The molecule has 8 nitrogen and oxygen atoms in total. The maximum Gasteiger partial charge on any atom is 0.319 e. The summed E-state index contributed by atoms with van der Waals surface area (Å²) in [4.78, 5) is 25.7. The topological polar surface area (TPSA) is 114 Å². The predicted octanol–water partition coefficient (Wildman–Crippen LogP) is 1.93. The van der Waals surface area contributed by atoms with E-state index in [0.717, 1.165) is 5.69 Å². The molecule has 0 saturated heterocycles. The highest BCUT2D eigenvalue weighted by Crippen LogP contribution is 2.26. The van der Waals surface area contributed by atoms with E-state index in [0.29, 0.717) is 0 Å². The molecule has 9 heteroatoms. The van der Waals surface area contributed by atoms with Gasteiger partial charge in [-0.2, -0.15) is 5.10 Å². The number of aryl methyl sites for hydroxylation is 1. The maximum atomic E-state index is 11.9. The second-order valence-electron chi connectivity index (χ2n) is 3.65. The molecule has 19 heavy (non-hydrogen) atoms. The third kappa shape index (κ3) is 2.68. The van der Waals surface area contributed by atoms with Crippen molar-refractivity contribution in [1.82, 2.24) is 15.2 Å². The van der Waals surface area contributed by atoms with Crippen molar-refractivity contribution in [2.75, 3.05) is 5.32 Å². The van der Waals surface area contributed by atoms with Crippen LogP contribution in [0.4, 0.5) is 11.5 Å². The molecule has 0 bridgehead atoms. The zero-order chi connectivity index (χ0) is 14.0. The van der Waals surface area contributed by atoms with Crippen LogP contribution in [0.2, 0.25) is 5.15 Å². The van der Waals surface area contributed by atoms with Crippen LogP contribution < -0.4 is 5.32 Å². The Balaban J connectivity index is 2.34. The number of nitrogens with zero attached hydrogens (tertiary/aromatic N) is 3. The number of aromatic nitrogens is 3. The normalized spacial score (nSPS) is 10.2.